The first-order chi connectivity index (χ1) is 7.63. The van der Waals surface area contributed by atoms with Gasteiger partial charge in [0.1, 0.15) is 0 Å². The van der Waals surface area contributed by atoms with Gasteiger partial charge in [-0.2, -0.15) is 5.10 Å². The molecule has 0 bridgehead atoms. The third-order valence-corrected chi connectivity index (χ3v) is 1.70. The Morgan fingerprint density at radius 1 is 1.38 bits per heavy atom. The number of amides is 1. The first-order valence-electron chi connectivity index (χ1n) is 4.32. The summed E-state index contributed by atoms with van der Waals surface area (Å²) in [6, 6.07) is 5.84. The molecule has 0 atom stereocenters. The Kier molecular flexibility index (Phi) is 4.02. The van der Waals surface area contributed by atoms with Crippen molar-refractivity contribution in [2.75, 3.05) is 7.11 Å². The van der Waals surface area contributed by atoms with Crippen LogP contribution < -0.4 is 10.5 Å². The SMILES string of the molecule is COC(=O)N/N=C\c1ccc(C(=O)[O-])cc1. The molecule has 0 aliphatic heterocycles. The van der Waals surface area contributed by atoms with Gasteiger partial charge in [0.05, 0.1) is 19.3 Å². The standard InChI is InChI=1S/C10H10N2O4/c1-16-10(15)12-11-6-7-2-4-8(5-3-7)9(13)14/h2-6H,1H3,(H,12,15)(H,13,14)/p-1/b11-6-. The maximum absolute atomic E-state index is 10.6. The van der Waals surface area contributed by atoms with Crippen LogP contribution in [0.1, 0.15) is 15.9 Å². The number of hydrogen-bond acceptors (Lipinski definition) is 5. The summed E-state index contributed by atoms with van der Waals surface area (Å²) in [6.45, 7) is 0. The second-order valence-corrected chi connectivity index (χ2v) is 2.77. The first kappa shape index (κ1) is 11.7. The lowest BCUT2D eigenvalue weighted by atomic mass is 10.1. The molecule has 0 fully saturated rings. The van der Waals surface area contributed by atoms with Gasteiger partial charge in [0.15, 0.2) is 0 Å². The van der Waals surface area contributed by atoms with E-state index in [-0.39, 0.29) is 5.56 Å². The topological polar surface area (TPSA) is 90.8 Å². The molecular weight excluding hydrogens is 212 g/mol. The molecule has 0 saturated carbocycles. The normalized spacial score (nSPS) is 10.1. The minimum absolute atomic E-state index is 0.0816. The summed E-state index contributed by atoms with van der Waals surface area (Å²) in [4.78, 5) is 21.0. The number of carboxylic acid groups (broad SMARTS) is 1. The van der Waals surface area contributed by atoms with Crippen molar-refractivity contribution in [3.8, 4) is 0 Å². The zero-order chi connectivity index (χ0) is 12.0. The van der Waals surface area contributed by atoms with Gasteiger partial charge in [0.2, 0.25) is 0 Å². The number of hydrogen-bond donors (Lipinski definition) is 1. The smallest absolute Gasteiger partial charge is 0.427 e. The van der Waals surface area contributed by atoms with E-state index in [2.05, 4.69) is 15.3 Å². The summed E-state index contributed by atoms with van der Waals surface area (Å²) in [5.74, 6) is -1.24. The number of ether oxygens (including phenoxy) is 1. The molecule has 0 unspecified atom stereocenters. The first-order valence-corrected chi connectivity index (χ1v) is 4.32. The number of carbonyl (C=O) groups excluding carboxylic acids is 2. The van der Waals surface area contributed by atoms with Crippen LogP contribution in [0.2, 0.25) is 0 Å². The number of aromatic carboxylic acids is 1. The largest absolute Gasteiger partial charge is 0.545 e. The van der Waals surface area contributed by atoms with Crippen LogP contribution in [0, 0.1) is 0 Å². The van der Waals surface area contributed by atoms with Gasteiger partial charge in [-0.25, -0.2) is 10.2 Å². The number of methoxy groups -OCH3 is 1. The fourth-order valence-electron chi connectivity index (χ4n) is 0.910. The maximum atomic E-state index is 10.6. The van der Waals surface area contributed by atoms with E-state index in [9.17, 15) is 14.7 Å². The number of carboxylic acids is 1. The molecule has 6 heteroatoms. The highest BCUT2D eigenvalue weighted by atomic mass is 16.5. The third-order valence-electron chi connectivity index (χ3n) is 1.70. The highest BCUT2D eigenvalue weighted by Crippen LogP contribution is 2.00. The summed E-state index contributed by atoms with van der Waals surface area (Å²) in [7, 11) is 1.22. The average Bonchev–Trinajstić information content (AvgIpc) is 2.29. The van der Waals surface area contributed by atoms with Gasteiger partial charge in [0, 0.05) is 0 Å². The molecule has 0 aliphatic rings. The third kappa shape index (κ3) is 3.41. The van der Waals surface area contributed by atoms with Crippen molar-refractivity contribution in [3.05, 3.63) is 35.4 Å². The lowest BCUT2D eigenvalue weighted by molar-refractivity contribution is -0.255. The summed E-state index contributed by atoms with van der Waals surface area (Å²) in [5, 5.41) is 14.0. The van der Waals surface area contributed by atoms with Crippen LogP contribution in [0.3, 0.4) is 0 Å². The van der Waals surface area contributed by atoms with Crippen molar-refractivity contribution in [1.29, 1.82) is 0 Å². The van der Waals surface area contributed by atoms with Crippen LogP contribution in [0.5, 0.6) is 0 Å². The second-order valence-electron chi connectivity index (χ2n) is 2.77. The molecule has 0 saturated heterocycles. The molecule has 6 nitrogen and oxygen atoms in total. The Morgan fingerprint density at radius 2 is 2.00 bits per heavy atom. The van der Waals surface area contributed by atoms with E-state index in [1.165, 1.54) is 37.6 Å². The molecule has 0 radical (unpaired) electrons. The van der Waals surface area contributed by atoms with Gasteiger partial charge in [-0.1, -0.05) is 24.3 Å². The molecule has 0 heterocycles. The molecule has 1 amide bonds. The number of nitrogens with zero attached hydrogens (tertiary/aromatic N) is 1. The molecule has 0 aromatic heterocycles. The van der Waals surface area contributed by atoms with Crippen molar-refractivity contribution in [1.82, 2.24) is 5.43 Å². The predicted octanol–water partition coefficient (Wildman–Crippen LogP) is -0.260. The van der Waals surface area contributed by atoms with E-state index in [4.69, 9.17) is 0 Å². The van der Waals surface area contributed by atoms with E-state index < -0.39 is 12.1 Å². The highest BCUT2D eigenvalue weighted by molar-refractivity contribution is 5.88. The van der Waals surface area contributed by atoms with Gasteiger partial charge in [0.25, 0.3) is 0 Å². The van der Waals surface area contributed by atoms with Crippen LogP contribution >= 0.6 is 0 Å². The number of rotatable bonds is 3. The Morgan fingerprint density at radius 3 is 2.50 bits per heavy atom. The molecular formula is C10H9N2O4-. The summed E-state index contributed by atoms with van der Waals surface area (Å²) in [6.07, 6.45) is 0.679. The zero-order valence-electron chi connectivity index (χ0n) is 8.47. The molecule has 1 rings (SSSR count). The molecule has 84 valence electrons. The van der Waals surface area contributed by atoms with Gasteiger partial charge in [-0.15, -0.1) is 0 Å². The number of carbonyl (C=O) groups is 2. The maximum Gasteiger partial charge on any atom is 0.427 e. The van der Waals surface area contributed by atoms with Gasteiger partial charge in [-0.3, -0.25) is 0 Å². The van der Waals surface area contributed by atoms with Crippen molar-refractivity contribution < 1.29 is 19.4 Å². The molecule has 16 heavy (non-hydrogen) atoms. The minimum Gasteiger partial charge on any atom is -0.545 e. The molecule has 1 N–H and O–H groups in total. The van der Waals surface area contributed by atoms with E-state index >= 15 is 0 Å². The van der Waals surface area contributed by atoms with Crippen LogP contribution in [0.4, 0.5) is 4.79 Å². The van der Waals surface area contributed by atoms with Crippen LogP contribution in [-0.2, 0) is 4.74 Å². The summed E-state index contributed by atoms with van der Waals surface area (Å²) >= 11 is 0. The van der Waals surface area contributed by atoms with Crippen molar-refractivity contribution >= 4 is 18.3 Å². The average molecular weight is 221 g/mol. The highest BCUT2D eigenvalue weighted by Gasteiger charge is 1.94. The number of hydrazone groups is 1. The van der Waals surface area contributed by atoms with Crippen molar-refractivity contribution in [3.63, 3.8) is 0 Å². The Labute approximate surface area is 91.5 Å². The van der Waals surface area contributed by atoms with E-state index in [1.54, 1.807) is 0 Å². The Balaban J connectivity index is 2.61. The van der Waals surface area contributed by atoms with Crippen molar-refractivity contribution in [2.24, 2.45) is 5.10 Å². The van der Waals surface area contributed by atoms with Crippen LogP contribution in [0.15, 0.2) is 29.4 Å². The summed E-state index contributed by atoms with van der Waals surface area (Å²) < 4.78 is 4.29. The molecule has 1 aromatic rings. The molecule has 0 aliphatic carbocycles. The predicted molar refractivity (Wildman–Crippen MR) is 53.9 cm³/mol. The quantitative estimate of drug-likeness (QED) is 0.562. The van der Waals surface area contributed by atoms with E-state index in [1.807, 2.05) is 0 Å². The van der Waals surface area contributed by atoms with Crippen molar-refractivity contribution in [2.45, 2.75) is 0 Å². The van der Waals surface area contributed by atoms with Crippen LogP contribution in [-0.4, -0.2) is 25.4 Å². The Bertz CT molecular complexity index is 411. The fourth-order valence-corrected chi connectivity index (χ4v) is 0.910. The van der Waals surface area contributed by atoms with E-state index in [0.717, 1.165) is 0 Å². The zero-order valence-corrected chi connectivity index (χ0v) is 8.47. The minimum atomic E-state index is -1.24. The molecule has 1 aromatic carbocycles. The number of benzene rings is 1. The van der Waals surface area contributed by atoms with Gasteiger partial charge >= 0.3 is 6.09 Å². The van der Waals surface area contributed by atoms with E-state index in [0.29, 0.717) is 5.56 Å². The summed E-state index contributed by atoms with van der Waals surface area (Å²) in [5.41, 5.74) is 2.82. The van der Waals surface area contributed by atoms with Crippen LogP contribution in [0.25, 0.3) is 0 Å². The second kappa shape index (κ2) is 5.50. The number of nitrogens with one attached hydrogen (secondary N) is 1. The lowest BCUT2D eigenvalue weighted by Gasteiger charge is -2.01. The Hall–Kier alpha value is -2.37. The monoisotopic (exact) mass is 221 g/mol. The fraction of sp³-hybridized carbons (Fsp3) is 0.100. The lowest BCUT2D eigenvalue weighted by Crippen LogP contribution is -2.22. The molecule has 0 spiro atoms. The van der Waals surface area contributed by atoms with Gasteiger partial charge in [-0.05, 0) is 11.1 Å². The van der Waals surface area contributed by atoms with Gasteiger partial charge < -0.3 is 14.6 Å².